The van der Waals surface area contributed by atoms with Gasteiger partial charge in [-0.15, -0.1) is 0 Å². The Hall–Kier alpha value is 0. The Morgan fingerprint density at radius 1 is 0.579 bits per heavy atom. The van der Waals surface area contributed by atoms with Gasteiger partial charge < -0.3 is 0 Å². The fourth-order valence-corrected chi connectivity index (χ4v) is 3.57. The van der Waals surface area contributed by atoms with Gasteiger partial charge in [0.25, 0.3) is 0 Å². The van der Waals surface area contributed by atoms with Crippen LogP contribution in [0.2, 0.25) is 0 Å². The average Bonchev–Trinajstić information content (AvgIpc) is 2.43. The van der Waals surface area contributed by atoms with Crippen LogP contribution in [0.1, 0.15) is 105 Å². The second-order valence-corrected chi connectivity index (χ2v) is 6.51. The first-order valence-corrected chi connectivity index (χ1v) is 9.23. The van der Waals surface area contributed by atoms with E-state index in [2.05, 4.69) is 34.6 Å². The molecule has 0 radical (unpaired) electrons. The van der Waals surface area contributed by atoms with E-state index >= 15 is 0 Å². The summed E-state index contributed by atoms with van der Waals surface area (Å²) in [7, 11) is 0. The Labute approximate surface area is 123 Å². The van der Waals surface area contributed by atoms with Crippen LogP contribution in [0.3, 0.4) is 0 Å². The van der Waals surface area contributed by atoms with Crippen LogP contribution in [0.4, 0.5) is 0 Å². The molecule has 0 bridgehead atoms. The minimum atomic E-state index is 0.993. The predicted octanol–water partition coefficient (Wildman–Crippen LogP) is 7.23. The van der Waals surface area contributed by atoms with Crippen LogP contribution in [0.15, 0.2) is 0 Å². The summed E-state index contributed by atoms with van der Waals surface area (Å²) in [6, 6.07) is 0. The molecule has 19 heavy (non-hydrogen) atoms. The van der Waals surface area contributed by atoms with Crippen LogP contribution < -0.4 is 0 Å². The van der Waals surface area contributed by atoms with Crippen molar-refractivity contribution in [2.75, 3.05) is 0 Å². The second kappa shape index (κ2) is 13.0. The Morgan fingerprint density at radius 2 is 1.21 bits per heavy atom. The van der Waals surface area contributed by atoms with Crippen molar-refractivity contribution in [1.29, 1.82) is 0 Å². The lowest BCUT2D eigenvalue weighted by Gasteiger charge is -2.29. The molecule has 0 N–H and O–H groups in total. The van der Waals surface area contributed by atoms with Crippen LogP contribution >= 0.6 is 0 Å². The average molecular weight is 269 g/mol. The molecule has 0 rings (SSSR count). The smallest absolute Gasteiger partial charge is 0.0383 e. The lowest BCUT2D eigenvalue weighted by atomic mass is 9.76. The molecule has 0 fully saturated rings. The van der Waals surface area contributed by atoms with Crippen molar-refractivity contribution in [2.45, 2.75) is 105 Å². The van der Waals surface area contributed by atoms with Crippen molar-refractivity contribution in [3.8, 4) is 0 Å². The van der Waals surface area contributed by atoms with Crippen molar-refractivity contribution in [3.63, 3.8) is 0 Å². The van der Waals surface area contributed by atoms with Gasteiger partial charge in [-0.1, -0.05) is 98.8 Å². The zero-order valence-electron chi connectivity index (χ0n) is 14.5. The van der Waals surface area contributed by atoms with E-state index in [1.165, 1.54) is 70.6 Å². The largest absolute Gasteiger partial charge is 0.0654 e. The molecular formula is C19H40. The van der Waals surface area contributed by atoms with Gasteiger partial charge in [-0.05, 0) is 24.2 Å². The summed E-state index contributed by atoms with van der Waals surface area (Å²) in [5.74, 6) is 2.99. The maximum atomic E-state index is 2.41. The SMILES string of the molecule is CCCCC(CC)CC(CCC)C(CC)CCCC. The predicted molar refractivity (Wildman–Crippen MR) is 89.6 cm³/mol. The van der Waals surface area contributed by atoms with E-state index in [1.54, 1.807) is 0 Å². The fourth-order valence-electron chi connectivity index (χ4n) is 3.57. The third-order valence-corrected chi connectivity index (χ3v) is 4.96. The second-order valence-electron chi connectivity index (χ2n) is 6.51. The summed E-state index contributed by atoms with van der Waals surface area (Å²) < 4.78 is 0. The summed E-state index contributed by atoms with van der Waals surface area (Å²) in [6.07, 6.45) is 15.7. The summed E-state index contributed by atoms with van der Waals surface area (Å²) >= 11 is 0. The van der Waals surface area contributed by atoms with Gasteiger partial charge in [0.15, 0.2) is 0 Å². The molecule has 0 aromatic rings. The molecule has 0 aliphatic rings. The Balaban J connectivity index is 4.39. The van der Waals surface area contributed by atoms with Gasteiger partial charge in [0.05, 0.1) is 0 Å². The molecule has 0 heterocycles. The first kappa shape index (κ1) is 19.0. The minimum absolute atomic E-state index is 0.993. The molecule has 0 saturated carbocycles. The highest BCUT2D eigenvalue weighted by atomic mass is 14.3. The van der Waals surface area contributed by atoms with E-state index in [4.69, 9.17) is 0 Å². The molecule has 0 aromatic heterocycles. The van der Waals surface area contributed by atoms with Gasteiger partial charge in [0, 0.05) is 0 Å². The molecule has 0 spiro atoms. The first-order valence-electron chi connectivity index (χ1n) is 9.23. The molecule has 0 heteroatoms. The summed E-state index contributed by atoms with van der Waals surface area (Å²) in [4.78, 5) is 0. The Kier molecular flexibility index (Phi) is 13.0. The van der Waals surface area contributed by atoms with Crippen molar-refractivity contribution in [1.82, 2.24) is 0 Å². The molecule has 0 saturated heterocycles. The van der Waals surface area contributed by atoms with E-state index in [-0.39, 0.29) is 0 Å². The number of hydrogen-bond acceptors (Lipinski definition) is 0. The van der Waals surface area contributed by atoms with Crippen molar-refractivity contribution >= 4 is 0 Å². The third kappa shape index (κ3) is 8.71. The van der Waals surface area contributed by atoms with Crippen molar-refractivity contribution in [3.05, 3.63) is 0 Å². The standard InChI is InChI=1S/C19H40/c1-6-11-14-17(9-4)16-19(13-8-3)18(10-5)15-12-7-2/h17-19H,6-16H2,1-5H3. The monoisotopic (exact) mass is 268 g/mol. The number of unbranched alkanes of at least 4 members (excludes halogenated alkanes) is 2. The van der Waals surface area contributed by atoms with Gasteiger partial charge in [0.2, 0.25) is 0 Å². The molecule has 0 aliphatic carbocycles. The maximum absolute atomic E-state index is 2.41. The Bertz CT molecular complexity index is 173. The van der Waals surface area contributed by atoms with E-state index in [9.17, 15) is 0 Å². The Morgan fingerprint density at radius 3 is 1.68 bits per heavy atom. The van der Waals surface area contributed by atoms with Crippen LogP contribution in [0, 0.1) is 17.8 Å². The van der Waals surface area contributed by atoms with Gasteiger partial charge in [-0.2, -0.15) is 0 Å². The molecule has 0 aromatic carbocycles. The van der Waals surface area contributed by atoms with Crippen LogP contribution in [-0.4, -0.2) is 0 Å². The van der Waals surface area contributed by atoms with Crippen molar-refractivity contribution in [2.24, 2.45) is 17.8 Å². The molecular weight excluding hydrogens is 228 g/mol. The molecule has 116 valence electrons. The minimum Gasteiger partial charge on any atom is -0.0654 e. The first-order chi connectivity index (χ1) is 9.23. The highest BCUT2D eigenvalue weighted by Crippen LogP contribution is 2.33. The molecule has 3 unspecified atom stereocenters. The van der Waals surface area contributed by atoms with E-state index < -0.39 is 0 Å². The van der Waals surface area contributed by atoms with Crippen LogP contribution in [-0.2, 0) is 0 Å². The lowest BCUT2D eigenvalue weighted by molar-refractivity contribution is 0.217. The number of hydrogen-bond donors (Lipinski definition) is 0. The van der Waals surface area contributed by atoms with Gasteiger partial charge in [0.1, 0.15) is 0 Å². The quantitative estimate of drug-likeness (QED) is 0.330. The van der Waals surface area contributed by atoms with Gasteiger partial charge in [-0.3, -0.25) is 0 Å². The zero-order chi connectivity index (χ0) is 14.5. The van der Waals surface area contributed by atoms with Crippen LogP contribution in [0.5, 0.6) is 0 Å². The lowest BCUT2D eigenvalue weighted by Crippen LogP contribution is -2.18. The number of rotatable bonds is 13. The van der Waals surface area contributed by atoms with Crippen molar-refractivity contribution < 1.29 is 0 Å². The summed E-state index contributed by atoms with van der Waals surface area (Å²) in [5, 5.41) is 0. The van der Waals surface area contributed by atoms with Crippen LogP contribution in [0.25, 0.3) is 0 Å². The van der Waals surface area contributed by atoms with Gasteiger partial charge >= 0.3 is 0 Å². The highest BCUT2D eigenvalue weighted by Gasteiger charge is 2.22. The van der Waals surface area contributed by atoms with Gasteiger partial charge in [-0.25, -0.2) is 0 Å². The normalized spacial score (nSPS) is 16.3. The van der Waals surface area contributed by atoms with E-state index in [1.807, 2.05) is 0 Å². The highest BCUT2D eigenvalue weighted by molar-refractivity contribution is 4.73. The third-order valence-electron chi connectivity index (χ3n) is 4.96. The molecule has 3 atom stereocenters. The van der Waals surface area contributed by atoms with E-state index in [0.29, 0.717) is 0 Å². The zero-order valence-corrected chi connectivity index (χ0v) is 14.5. The maximum Gasteiger partial charge on any atom is -0.0383 e. The molecule has 0 aliphatic heterocycles. The topological polar surface area (TPSA) is 0 Å². The molecule has 0 nitrogen and oxygen atoms in total. The fraction of sp³-hybridized carbons (Fsp3) is 1.00. The van der Waals surface area contributed by atoms with E-state index in [0.717, 1.165) is 17.8 Å². The summed E-state index contributed by atoms with van der Waals surface area (Å²) in [5.41, 5.74) is 0. The summed E-state index contributed by atoms with van der Waals surface area (Å²) in [6.45, 7) is 11.8. The molecule has 0 amide bonds.